The van der Waals surface area contributed by atoms with Crippen LogP contribution in [0, 0.1) is 0 Å². The Morgan fingerprint density at radius 2 is 1.84 bits per heavy atom. The average molecular weight is 273 g/mol. The number of ether oxygens (including phenoxy) is 3. The van der Waals surface area contributed by atoms with Crippen molar-refractivity contribution in [3.05, 3.63) is 0 Å². The molecular weight excluding hydrogens is 242 g/mol. The molecule has 0 amide bonds. The van der Waals surface area contributed by atoms with E-state index in [1.165, 1.54) is 0 Å². The second-order valence-electron chi connectivity index (χ2n) is 6.58. The lowest BCUT2D eigenvalue weighted by Crippen LogP contribution is -2.41. The first-order chi connectivity index (χ1) is 8.87. The fourth-order valence-corrected chi connectivity index (χ4v) is 2.03. The van der Waals surface area contributed by atoms with Crippen LogP contribution >= 0.6 is 0 Å². The topological polar surface area (TPSA) is 39.7 Å². The summed E-state index contributed by atoms with van der Waals surface area (Å²) in [5, 5.41) is 3.49. The van der Waals surface area contributed by atoms with Crippen molar-refractivity contribution in [1.29, 1.82) is 0 Å². The first-order valence-corrected chi connectivity index (χ1v) is 7.46. The van der Waals surface area contributed by atoms with Crippen molar-refractivity contribution in [1.82, 2.24) is 5.32 Å². The highest BCUT2D eigenvalue weighted by atomic mass is 16.6. The van der Waals surface area contributed by atoms with Crippen LogP contribution in [0.1, 0.15) is 47.5 Å². The molecule has 2 unspecified atom stereocenters. The molecular formula is C15H31NO3. The summed E-state index contributed by atoms with van der Waals surface area (Å²) < 4.78 is 17.0. The lowest BCUT2D eigenvalue weighted by Gasteiger charge is -2.23. The van der Waals surface area contributed by atoms with Crippen LogP contribution in [-0.4, -0.2) is 50.2 Å². The molecule has 1 saturated heterocycles. The quantitative estimate of drug-likeness (QED) is 0.689. The average Bonchev–Trinajstić information content (AvgIpc) is 2.72. The summed E-state index contributed by atoms with van der Waals surface area (Å²) in [7, 11) is 0. The highest BCUT2D eigenvalue weighted by molar-refractivity contribution is 4.79. The van der Waals surface area contributed by atoms with Crippen LogP contribution in [0.2, 0.25) is 0 Å². The van der Waals surface area contributed by atoms with Crippen LogP contribution in [0.5, 0.6) is 0 Å². The van der Waals surface area contributed by atoms with E-state index in [4.69, 9.17) is 14.2 Å². The lowest BCUT2D eigenvalue weighted by molar-refractivity contribution is -0.0358. The van der Waals surface area contributed by atoms with E-state index in [-0.39, 0.29) is 17.7 Å². The van der Waals surface area contributed by atoms with E-state index in [1.807, 2.05) is 13.8 Å². The van der Waals surface area contributed by atoms with Gasteiger partial charge in [-0.3, -0.25) is 0 Å². The Balaban J connectivity index is 2.02. The molecule has 1 fully saturated rings. The summed E-state index contributed by atoms with van der Waals surface area (Å²) in [5.74, 6) is 0. The van der Waals surface area contributed by atoms with E-state index in [0.717, 1.165) is 19.4 Å². The Bertz CT molecular complexity index is 238. The Morgan fingerprint density at radius 1 is 1.16 bits per heavy atom. The van der Waals surface area contributed by atoms with Crippen molar-refractivity contribution in [2.24, 2.45) is 0 Å². The highest BCUT2D eigenvalue weighted by Gasteiger charge is 2.26. The molecule has 0 aliphatic carbocycles. The summed E-state index contributed by atoms with van der Waals surface area (Å²) in [6.07, 6.45) is 3.09. The van der Waals surface area contributed by atoms with Crippen LogP contribution in [0.15, 0.2) is 0 Å². The molecule has 19 heavy (non-hydrogen) atoms. The van der Waals surface area contributed by atoms with Crippen molar-refractivity contribution in [3.8, 4) is 0 Å². The van der Waals surface area contributed by atoms with Gasteiger partial charge in [-0.05, 0) is 47.5 Å². The van der Waals surface area contributed by atoms with Crippen LogP contribution in [-0.2, 0) is 14.2 Å². The van der Waals surface area contributed by atoms with Gasteiger partial charge in [0, 0.05) is 12.1 Å². The molecule has 1 aliphatic rings. The first-order valence-electron chi connectivity index (χ1n) is 7.46. The molecule has 0 saturated carbocycles. The van der Waals surface area contributed by atoms with Crippen LogP contribution < -0.4 is 5.32 Å². The molecule has 2 atom stereocenters. The van der Waals surface area contributed by atoms with E-state index >= 15 is 0 Å². The zero-order valence-corrected chi connectivity index (χ0v) is 13.2. The molecule has 114 valence electrons. The van der Waals surface area contributed by atoms with Gasteiger partial charge in [0.1, 0.15) is 0 Å². The SMILES string of the molecule is CC(C)OCCOCC1CCC(CNC(C)(C)C)O1. The predicted octanol–water partition coefficient (Wildman–Crippen LogP) is 2.36. The predicted molar refractivity (Wildman–Crippen MR) is 77.6 cm³/mol. The van der Waals surface area contributed by atoms with Crippen molar-refractivity contribution in [2.45, 2.75) is 71.3 Å². The summed E-state index contributed by atoms with van der Waals surface area (Å²) in [6, 6.07) is 0. The zero-order chi connectivity index (χ0) is 14.3. The van der Waals surface area contributed by atoms with Crippen LogP contribution in [0.3, 0.4) is 0 Å². The normalized spacial score (nSPS) is 24.3. The molecule has 0 aromatic heterocycles. The number of rotatable bonds is 8. The zero-order valence-electron chi connectivity index (χ0n) is 13.2. The van der Waals surface area contributed by atoms with E-state index < -0.39 is 0 Å². The summed E-state index contributed by atoms with van der Waals surface area (Å²) in [6.45, 7) is 13.5. The number of nitrogens with one attached hydrogen (secondary N) is 1. The van der Waals surface area contributed by atoms with Gasteiger partial charge in [0.25, 0.3) is 0 Å². The molecule has 4 nitrogen and oxygen atoms in total. The summed E-state index contributed by atoms with van der Waals surface area (Å²) >= 11 is 0. The minimum absolute atomic E-state index is 0.159. The molecule has 1 N–H and O–H groups in total. The summed E-state index contributed by atoms with van der Waals surface area (Å²) in [5.41, 5.74) is 0.159. The minimum atomic E-state index is 0.159. The monoisotopic (exact) mass is 273 g/mol. The van der Waals surface area contributed by atoms with E-state index in [1.54, 1.807) is 0 Å². The summed E-state index contributed by atoms with van der Waals surface area (Å²) in [4.78, 5) is 0. The third-order valence-electron chi connectivity index (χ3n) is 3.04. The largest absolute Gasteiger partial charge is 0.376 e. The molecule has 0 bridgehead atoms. The first kappa shape index (κ1) is 16.9. The second kappa shape index (κ2) is 8.20. The van der Waals surface area contributed by atoms with E-state index in [9.17, 15) is 0 Å². The van der Waals surface area contributed by atoms with Gasteiger partial charge in [-0.25, -0.2) is 0 Å². The van der Waals surface area contributed by atoms with E-state index in [0.29, 0.717) is 25.9 Å². The van der Waals surface area contributed by atoms with E-state index in [2.05, 4.69) is 26.1 Å². The fourth-order valence-electron chi connectivity index (χ4n) is 2.03. The maximum absolute atomic E-state index is 5.96. The third-order valence-corrected chi connectivity index (χ3v) is 3.04. The second-order valence-corrected chi connectivity index (χ2v) is 6.58. The lowest BCUT2D eigenvalue weighted by atomic mass is 10.1. The van der Waals surface area contributed by atoms with Gasteiger partial charge >= 0.3 is 0 Å². The van der Waals surface area contributed by atoms with Crippen molar-refractivity contribution < 1.29 is 14.2 Å². The molecule has 0 aromatic rings. The van der Waals surface area contributed by atoms with Crippen molar-refractivity contribution >= 4 is 0 Å². The number of hydrogen-bond acceptors (Lipinski definition) is 4. The molecule has 0 radical (unpaired) electrons. The maximum atomic E-state index is 5.96. The van der Waals surface area contributed by atoms with Crippen molar-refractivity contribution in [3.63, 3.8) is 0 Å². The standard InChI is InChI=1S/C15H31NO3/c1-12(2)18-9-8-17-11-14-7-6-13(19-14)10-16-15(3,4)5/h12-14,16H,6-11H2,1-5H3. The van der Waals surface area contributed by atoms with Gasteiger partial charge in [-0.15, -0.1) is 0 Å². The van der Waals surface area contributed by atoms with Gasteiger partial charge in [0.2, 0.25) is 0 Å². The van der Waals surface area contributed by atoms with Gasteiger partial charge in [0.15, 0.2) is 0 Å². The fraction of sp³-hybridized carbons (Fsp3) is 1.00. The van der Waals surface area contributed by atoms with Gasteiger partial charge < -0.3 is 19.5 Å². The number of hydrogen-bond donors (Lipinski definition) is 1. The molecule has 1 aliphatic heterocycles. The smallest absolute Gasteiger partial charge is 0.0813 e. The molecule has 1 heterocycles. The van der Waals surface area contributed by atoms with Gasteiger partial charge in [-0.2, -0.15) is 0 Å². The van der Waals surface area contributed by atoms with Crippen molar-refractivity contribution in [2.75, 3.05) is 26.4 Å². The molecule has 4 heteroatoms. The van der Waals surface area contributed by atoms with Crippen LogP contribution in [0.25, 0.3) is 0 Å². The highest BCUT2D eigenvalue weighted by Crippen LogP contribution is 2.20. The molecule has 1 rings (SSSR count). The Hall–Kier alpha value is -0.160. The van der Waals surface area contributed by atoms with Gasteiger partial charge in [-0.1, -0.05) is 0 Å². The Kier molecular flexibility index (Phi) is 7.29. The minimum Gasteiger partial charge on any atom is -0.376 e. The Labute approximate surface area is 118 Å². The third kappa shape index (κ3) is 8.58. The molecule has 0 spiro atoms. The van der Waals surface area contributed by atoms with Gasteiger partial charge in [0.05, 0.1) is 38.1 Å². The maximum Gasteiger partial charge on any atom is 0.0813 e. The Morgan fingerprint density at radius 3 is 2.47 bits per heavy atom. The van der Waals surface area contributed by atoms with Crippen LogP contribution in [0.4, 0.5) is 0 Å². The molecule has 0 aromatic carbocycles.